The highest BCUT2D eigenvalue weighted by atomic mass is 16.7. The standard InChI is InChI=1S/C32H50O3/c1-7-11-24-12-13-25-29-21(2)18-27-23(4)28(35-31(34-6)15-9-8-10-16-31)19-22(3)32(27,20-33)26(29)14-17-30(24,25)5/h7,11,20-22,24-26,28-29H,8-10,12-19H2,1-6H3/t21?,22?,24-,25+,26+,28+,29+,30-,32-/m1/s1. The summed E-state index contributed by atoms with van der Waals surface area (Å²) in [5, 5.41) is 0. The Labute approximate surface area is 214 Å². The van der Waals surface area contributed by atoms with E-state index in [9.17, 15) is 4.79 Å². The van der Waals surface area contributed by atoms with E-state index in [1.54, 1.807) is 0 Å². The molecule has 0 aromatic carbocycles. The van der Waals surface area contributed by atoms with Crippen LogP contribution in [0.4, 0.5) is 0 Å². The maximum Gasteiger partial charge on any atom is 0.168 e. The molecule has 0 aromatic heterocycles. The molecule has 2 unspecified atom stereocenters. The predicted octanol–water partition coefficient (Wildman–Crippen LogP) is 7.89. The van der Waals surface area contributed by atoms with Crippen LogP contribution in [0.15, 0.2) is 23.3 Å². The zero-order valence-electron chi connectivity index (χ0n) is 23.3. The second-order valence-corrected chi connectivity index (χ2v) is 13.4. The quantitative estimate of drug-likeness (QED) is 0.227. The second-order valence-electron chi connectivity index (χ2n) is 13.4. The van der Waals surface area contributed by atoms with Crippen molar-refractivity contribution in [2.75, 3.05) is 7.11 Å². The lowest BCUT2D eigenvalue weighted by Gasteiger charge is -2.62. The van der Waals surface area contributed by atoms with Crippen molar-refractivity contribution in [1.82, 2.24) is 0 Å². The van der Waals surface area contributed by atoms with Crippen LogP contribution in [0.5, 0.6) is 0 Å². The number of aldehydes is 1. The van der Waals surface area contributed by atoms with E-state index in [1.807, 2.05) is 7.11 Å². The van der Waals surface area contributed by atoms with Gasteiger partial charge in [-0.05, 0) is 112 Å². The third kappa shape index (κ3) is 3.77. The van der Waals surface area contributed by atoms with Crippen LogP contribution >= 0.6 is 0 Å². The number of methoxy groups -OCH3 is 1. The Bertz CT molecular complexity index is 866. The highest BCUT2D eigenvalue weighted by molar-refractivity contribution is 5.69. The second kappa shape index (κ2) is 9.43. The minimum absolute atomic E-state index is 0.0780. The van der Waals surface area contributed by atoms with E-state index in [1.165, 1.54) is 62.4 Å². The predicted molar refractivity (Wildman–Crippen MR) is 142 cm³/mol. The molecule has 5 aliphatic rings. The molecule has 0 aliphatic heterocycles. The van der Waals surface area contributed by atoms with Crippen molar-refractivity contribution in [3.05, 3.63) is 23.3 Å². The average Bonchev–Trinajstić information content (AvgIpc) is 3.19. The maximum atomic E-state index is 13.3. The van der Waals surface area contributed by atoms with Crippen molar-refractivity contribution < 1.29 is 14.3 Å². The maximum absolute atomic E-state index is 13.3. The van der Waals surface area contributed by atoms with Crippen molar-refractivity contribution in [3.8, 4) is 0 Å². The van der Waals surface area contributed by atoms with Gasteiger partial charge in [-0.15, -0.1) is 0 Å². The first kappa shape index (κ1) is 25.7. The summed E-state index contributed by atoms with van der Waals surface area (Å²) in [5.74, 6) is 3.11. The van der Waals surface area contributed by atoms with E-state index in [2.05, 4.69) is 46.8 Å². The SMILES string of the molecule is CC=C[C@@H]1CC[C@H]2[C@@H]3C(C)CC4=C(C)[C@@H](OC5(OC)CCCCC5)CC(C)[C@]4(C=O)[C@H]3CC[C@]12C. The molecular formula is C32H50O3. The lowest BCUT2D eigenvalue weighted by Crippen LogP contribution is -2.58. The molecule has 0 bridgehead atoms. The summed E-state index contributed by atoms with van der Waals surface area (Å²) < 4.78 is 12.9. The lowest BCUT2D eigenvalue weighted by molar-refractivity contribution is -0.259. The summed E-state index contributed by atoms with van der Waals surface area (Å²) in [5.41, 5.74) is 2.90. The lowest BCUT2D eigenvalue weighted by atomic mass is 9.42. The third-order valence-electron chi connectivity index (χ3n) is 12.0. The van der Waals surface area contributed by atoms with Gasteiger partial charge in [0.2, 0.25) is 0 Å². The summed E-state index contributed by atoms with van der Waals surface area (Å²) in [6, 6.07) is 0. The first-order valence-electron chi connectivity index (χ1n) is 14.8. The number of carbonyl (C=O) groups is 1. The van der Waals surface area contributed by atoms with Crippen molar-refractivity contribution in [3.63, 3.8) is 0 Å². The van der Waals surface area contributed by atoms with Crippen molar-refractivity contribution in [2.24, 2.45) is 46.3 Å². The van der Waals surface area contributed by atoms with Gasteiger partial charge in [0.1, 0.15) is 6.29 Å². The molecule has 4 saturated carbocycles. The molecule has 0 radical (unpaired) electrons. The normalized spacial score (nSPS) is 47.3. The van der Waals surface area contributed by atoms with E-state index in [-0.39, 0.29) is 11.5 Å². The largest absolute Gasteiger partial charge is 0.353 e. The van der Waals surface area contributed by atoms with Crippen LogP contribution in [-0.2, 0) is 14.3 Å². The summed E-state index contributed by atoms with van der Waals surface area (Å²) in [4.78, 5) is 13.3. The average molecular weight is 483 g/mol. The zero-order valence-corrected chi connectivity index (χ0v) is 23.3. The van der Waals surface area contributed by atoms with Crippen LogP contribution in [0.1, 0.15) is 105 Å². The third-order valence-corrected chi connectivity index (χ3v) is 12.0. The molecule has 0 spiro atoms. The van der Waals surface area contributed by atoms with Gasteiger partial charge in [-0.2, -0.15) is 0 Å². The van der Waals surface area contributed by atoms with Crippen molar-refractivity contribution in [1.29, 1.82) is 0 Å². The molecule has 0 amide bonds. The van der Waals surface area contributed by atoms with Gasteiger partial charge in [-0.3, -0.25) is 0 Å². The number of hydrogen-bond donors (Lipinski definition) is 0. The molecule has 0 N–H and O–H groups in total. The van der Waals surface area contributed by atoms with E-state index in [0.717, 1.165) is 31.6 Å². The highest BCUT2D eigenvalue weighted by Gasteiger charge is 2.64. The van der Waals surface area contributed by atoms with Crippen LogP contribution in [0.2, 0.25) is 0 Å². The molecule has 5 aliphatic carbocycles. The Hall–Kier alpha value is -0.930. The molecule has 0 heterocycles. The minimum atomic E-state index is -0.438. The Morgan fingerprint density at radius 3 is 2.40 bits per heavy atom. The summed E-state index contributed by atoms with van der Waals surface area (Å²) in [6.07, 6.45) is 19.0. The molecule has 3 nitrogen and oxygen atoms in total. The minimum Gasteiger partial charge on any atom is -0.353 e. The van der Waals surface area contributed by atoms with Crippen LogP contribution in [-0.4, -0.2) is 25.3 Å². The number of allylic oxidation sites excluding steroid dienone is 3. The van der Waals surface area contributed by atoms with Crippen molar-refractivity contribution >= 4 is 6.29 Å². The Kier molecular flexibility index (Phi) is 6.92. The molecule has 35 heavy (non-hydrogen) atoms. The number of rotatable bonds is 5. The van der Waals surface area contributed by atoms with E-state index < -0.39 is 5.79 Å². The summed E-state index contributed by atoms with van der Waals surface area (Å²) in [7, 11) is 1.82. The van der Waals surface area contributed by atoms with Gasteiger partial charge < -0.3 is 14.3 Å². The van der Waals surface area contributed by atoms with Crippen LogP contribution < -0.4 is 0 Å². The smallest absolute Gasteiger partial charge is 0.168 e. The fourth-order valence-electron chi connectivity index (χ4n) is 10.2. The van der Waals surface area contributed by atoms with Gasteiger partial charge in [0, 0.05) is 20.0 Å². The van der Waals surface area contributed by atoms with Crippen molar-refractivity contribution in [2.45, 2.75) is 117 Å². The molecule has 196 valence electrons. The Morgan fingerprint density at radius 2 is 1.74 bits per heavy atom. The number of hydrogen-bond acceptors (Lipinski definition) is 3. The fourth-order valence-corrected chi connectivity index (χ4v) is 10.2. The first-order valence-corrected chi connectivity index (χ1v) is 14.8. The fraction of sp³-hybridized carbons (Fsp3) is 0.844. The molecule has 3 heteroatoms. The molecule has 0 aromatic rings. The number of ether oxygens (including phenoxy) is 2. The van der Waals surface area contributed by atoms with E-state index >= 15 is 0 Å². The van der Waals surface area contributed by atoms with Crippen LogP contribution in [0.3, 0.4) is 0 Å². The van der Waals surface area contributed by atoms with Gasteiger partial charge in [0.25, 0.3) is 0 Å². The van der Waals surface area contributed by atoms with Crippen LogP contribution in [0, 0.1) is 46.3 Å². The van der Waals surface area contributed by atoms with Crippen LogP contribution in [0.25, 0.3) is 0 Å². The molecular weight excluding hydrogens is 432 g/mol. The number of fused-ring (bicyclic) bond motifs is 5. The zero-order chi connectivity index (χ0) is 25.0. The highest BCUT2D eigenvalue weighted by Crippen LogP contribution is 2.69. The summed E-state index contributed by atoms with van der Waals surface area (Å²) in [6.45, 7) is 11.9. The van der Waals surface area contributed by atoms with Gasteiger partial charge >= 0.3 is 0 Å². The molecule has 0 saturated heterocycles. The molecule has 4 fully saturated rings. The molecule has 5 rings (SSSR count). The monoisotopic (exact) mass is 482 g/mol. The van der Waals surface area contributed by atoms with E-state index in [0.29, 0.717) is 35.0 Å². The van der Waals surface area contributed by atoms with Gasteiger partial charge in [0.05, 0.1) is 11.5 Å². The number of carbonyl (C=O) groups excluding carboxylic acids is 1. The van der Waals surface area contributed by atoms with E-state index in [4.69, 9.17) is 9.47 Å². The topological polar surface area (TPSA) is 35.5 Å². The van der Waals surface area contributed by atoms with Gasteiger partial charge in [-0.25, -0.2) is 0 Å². The molecule has 9 atom stereocenters. The first-order chi connectivity index (χ1) is 16.8. The van der Waals surface area contributed by atoms with Gasteiger partial charge in [-0.1, -0.05) is 44.9 Å². The summed E-state index contributed by atoms with van der Waals surface area (Å²) >= 11 is 0. The van der Waals surface area contributed by atoms with Gasteiger partial charge in [0.15, 0.2) is 5.79 Å². The Morgan fingerprint density at radius 1 is 1.00 bits per heavy atom. The Balaban J connectivity index is 1.50.